The van der Waals surface area contributed by atoms with Crippen LogP contribution >= 0.6 is 22.7 Å². The zero-order chi connectivity index (χ0) is 36.7. The SMILES string of the molecule is C1=CCCC(N(C2=C3CCC4CC=C(N(C5C=CC=CC5)C5CC=Cc6c5sc5ccccc65)C5=C4C3C(C=C2)CC5)c2cccc3c4c(sc23)C=CCC4)=C1. The van der Waals surface area contributed by atoms with Crippen molar-refractivity contribution in [2.45, 2.75) is 82.7 Å². The maximum Gasteiger partial charge on any atom is 0.0682 e. The molecular formula is C52H48N2S2. The lowest BCUT2D eigenvalue weighted by atomic mass is 9.58. The van der Waals surface area contributed by atoms with Gasteiger partial charge >= 0.3 is 0 Å². The first-order valence-electron chi connectivity index (χ1n) is 21.3. The Bertz CT molecular complexity index is 2620. The van der Waals surface area contributed by atoms with Crippen molar-refractivity contribution in [3.05, 3.63) is 170 Å². The summed E-state index contributed by atoms with van der Waals surface area (Å²) in [6, 6.07) is 16.9. The van der Waals surface area contributed by atoms with Crippen molar-refractivity contribution in [2.24, 2.45) is 17.8 Å². The van der Waals surface area contributed by atoms with Gasteiger partial charge in [-0.25, -0.2) is 0 Å². The molecule has 1 fully saturated rings. The number of thiophene rings is 2. The van der Waals surface area contributed by atoms with Gasteiger partial charge in [-0.15, -0.1) is 22.7 Å². The van der Waals surface area contributed by atoms with Crippen LogP contribution in [-0.4, -0.2) is 10.9 Å². The van der Waals surface area contributed by atoms with Crippen LogP contribution in [0.3, 0.4) is 0 Å². The average molecular weight is 765 g/mol. The van der Waals surface area contributed by atoms with Gasteiger partial charge in [0.2, 0.25) is 0 Å². The molecule has 5 unspecified atom stereocenters. The Morgan fingerprint density at radius 3 is 2.59 bits per heavy atom. The molecule has 4 aromatic rings. The number of fused-ring (bicyclic) bond motifs is 6. The van der Waals surface area contributed by atoms with Crippen LogP contribution in [-0.2, 0) is 6.42 Å². The third kappa shape index (κ3) is 5.17. The lowest BCUT2D eigenvalue weighted by molar-refractivity contribution is 0.208. The van der Waals surface area contributed by atoms with E-state index in [9.17, 15) is 0 Å². The van der Waals surface area contributed by atoms with Crippen molar-refractivity contribution >= 4 is 60.7 Å². The van der Waals surface area contributed by atoms with Gasteiger partial charge in [0.15, 0.2) is 0 Å². The molecule has 0 bridgehead atoms. The van der Waals surface area contributed by atoms with Crippen molar-refractivity contribution in [3.63, 3.8) is 0 Å². The van der Waals surface area contributed by atoms with E-state index in [1.54, 1.807) is 32.9 Å². The highest BCUT2D eigenvalue weighted by Gasteiger charge is 2.46. The Balaban J connectivity index is 1.00. The molecule has 278 valence electrons. The number of rotatable bonds is 6. The maximum absolute atomic E-state index is 2.91. The summed E-state index contributed by atoms with van der Waals surface area (Å²) in [6.45, 7) is 0. The predicted octanol–water partition coefficient (Wildman–Crippen LogP) is 14.3. The van der Waals surface area contributed by atoms with E-state index in [-0.39, 0.29) is 0 Å². The summed E-state index contributed by atoms with van der Waals surface area (Å²) < 4.78 is 2.87. The van der Waals surface area contributed by atoms with Gasteiger partial charge in [0.1, 0.15) is 0 Å². The topological polar surface area (TPSA) is 6.48 Å². The van der Waals surface area contributed by atoms with Gasteiger partial charge in [-0.2, -0.15) is 0 Å². The molecular weight excluding hydrogens is 717 g/mol. The number of benzene rings is 2. The molecule has 4 heteroatoms. The number of anilines is 1. The molecule has 12 rings (SSSR count). The highest BCUT2D eigenvalue weighted by Crippen LogP contribution is 2.58. The van der Waals surface area contributed by atoms with E-state index < -0.39 is 0 Å². The molecule has 0 spiro atoms. The second kappa shape index (κ2) is 13.5. The largest absolute Gasteiger partial charge is 0.357 e. The third-order valence-electron chi connectivity index (χ3n) is 14.1. The molecule has 8 aliphatic carbocycles. The summed E-state index contributed by atoms with van der Waals surface area (Å²) in [6.07, 6.45) is 46.7. The molecule has 5 atom stereocenters. The van der Waals surface area contributed by atoms with Crippen LogP contribution in [0.4, 0.5) is 5.69 Å². The lowest BCUT2D eigenvalue weighted by Gasteiger charge is -2.51. The van der Waals surface area contributed by atoms with E-state index in [1.165, 1.54) is 79.8 Å². The van der Waals surface area contributed by atoms with Crippen molar-refractivity contribution in [2.75, 3.05) is 4.90 Å². The van der Waals surface area contributed by atoms with Gasteiger partial charge in [0.05, 0.1) is 22.5 Å². The highest BCUT2D eigenvalue weighted by atomic mass is 32.1. The minimum absolute atomic E-state index is 0.344. The lowest BCUT2D eigenvalue weighted by Crippen LogP contribution is -2.42. The highest BCUT2D eigenvalue weighted by molar-refractivity contribution is 7.20. The number of allylic oxidation sites excluding steroid dienone is 13. The Kier molecular flexibility index (Phi) is 8.07. The van der Waals surface area contributed by atoms with Crippen LogP contribution in [0.1, 0.15) is 91.1 Å². The summed E-state index contributed by atoms with van der Waals surface area (Å²) in [5, 5.41) is 2.88. The number of hydrogen-bond donors (Lipinski definition) is 0. The molecule has 8 aliphatic rings. The maximum atomic E-state index is 2.91. The molecule has 2 aromatic heterocycles. The minimum Gasteiger partial charge on any atom is -0.357 e. The van der Waals surface area contributed by atoms with Crippen LogP contribution in [0, 0.1) is 17.8 Å². The summed E-state index contributed by atoms with van der Waals surface area (Å²) in [7, 11) is 0. The fraction of sp³-hybridized carbons (Fsp3) is 0.308. The van der Waals surface area contributed by atoms with Gasteiger partial charge in [-0.3, -0.25) is 0 Å². The second-order valence-electron chi connectivity index (χ2n) is 17.0. The first-order valence-corrected chi connectivity index (χ1v) is 22.9. The van der Waals surface area contributed by atoms with Crippen LogP contribution < -0.4 is 4.90 Å². The van der Waals surface area contributed by atoms with Crippen molar-refractivity contribution in [1.29, 1.82) is 0 Å². The zero-order valence-electron chi connectivity index (χ0n) is 32.0. The summed E-state index contributed by atoms with van der Waals surface area (Å²) in [4.78, 5) is 8.66. The number of hydrogen-bond acceptors (Lipinski definition) is 4. The monoisotopic (exact) mass is 764 g/mol. The third-order valence-corrected chi connectivity index (χ3v) is 16.6. The van der Waals surface area contributed by atoms with Crippen LogP contribution in [0.5, 0.6) is 0 Å². The molecule has 0 saturated heterocycles. The number of aryl methyl sites for hydroxylation is 1. The van der Waals surface area contributed by atoms with Crippen molar-refractivity contribution < 1.29 is 0 Å². The molecule has 0 radical (unpaired) electrons. The Hall–Kier alpha value is -4.64. The van der Waals surface area contributed by atoms with E-state index in [0.717, 1.165) is 38.5 Å². The van der Waals surface area contributed by atoms with Gasteiger partial charge in [-0.1, -0.05) is 103 Å². The van der Waals surface area contributed by atoms with E-state index in [4.69, 9.17) is 0 Å². The second-order valence-corrected chi connectivity index (χ2v) is 19.1. The van der Waals surface area contributed by atoms with E-state index in [0.29, 0.717) is 29.8 Å². The fourth-order valence-corrected chi connectivity index (χ4v) is 14.3. The Morgan fingerprint density at radius 1 is 0.714 bits per heavy atom. The predicted molar refractivity (Wildman–Crippen MR) is 240 cm³/mol. The number of nitrogens with zero attached hydrogens (tertiary/aromatic N) is 2. The Labute approximate surface area is 339 Å². The first-order chi connectivity index (χ1) is 27.8. The van der Waals surface area contributed by atoms with Gasteiger partial charge < -0.3 is 9.80 Å². The van der Waals surface area contributed by atoms with Gasteiger partial charge in [0.25, 0.3) is 0 Å². The quantitative estimate of drug-likeness (QED) is 0.193. The van der Waals surface area contributed by atoms with E-state index >= 15 is 0 Å². The van der Waals surface area contributed by atoms with Crippen LogP contribution in [0.15, 0.2) is 149 Å². The summed E-state index contributed by atoms with van der Waals surface area (Å²) in [5.74, 6) is 1.73. The van der Waals surface area contributed by atoms with E-state index in [2.05, 4.69) is 137 Å². The average Bonchev–Trinajstić information content (AvgIpc) is 3.84. The standard InChI is InChI=1S/C52H48N2S2/c1-3-13-35(14-4-1)53(45-21-11-19-39-37-17-7-9-23-47(37)55-51(39)45)43-31-27-33-26-30-42-44(32-28-34-25-29-41(43)49(33)50(34)42)54(36-15-5-2-6-16-36)46-22-12-20-40-38-18-8-10-24-48(38)56-52(40)46/h1-5,7,9-13,15,17,19-20,22-24,28,31-35,45,50H,6,8,14,16,18,21,25-27,29-30H2. The first kappa shape index (κ1) is 33.5. The van der Waals surface area contributed by atoms with Gasteiger partial charge in [0, 0.05) is 42.8 Å². The molecule has 0 amide bonds. The summed E-state index contributed by atoms with van der Waals surface area (Å²) >= 11 is 4.05. The molecule has 2 aromatic carbocycles. The van der Waals surface area contributed by atoms with Crippen molar-refractivity contribution in [3.8, 4) is 0 Å². The minimum atomic E-state index is 0.344. The molecule has 2 heterocycles. The van der Waals surface area contributed by atoms with Crippen molar-refractivity contribution in [1.82, 2.24) is 4.90 Å². The molecule has 0 aliphatic heterocycles. The zero-order valence-corrected chi connectivity index (χ0v) is 33.6. The fourth-order valence-electron chi connectivity index (χ4n) is 11.7. The van der Waals surface area contributed by atoms with Crippen LogP contribution in [0.2, 0.25) is 0 Å². The normalized spacial score (nSPS) is 27.0. The molecule has 2 nitrogen and oxygen atoms in total. The smallest absolute Gasteiger partial charge is 0.0682 e. The molecule has 0 N–H and O–H groups in total. The molecule has 1 saturated carbocycles. The summed E-state index contributed by atoms with van der Waals surface area (Å²) in [5.41, 5.74) is 14.1. The van der Waals surface area contributed by atoms with Crippen LogP contribution in [0.25, 0.3) is 32.3 Å². The molecule has 56 heavy (non-hydrogen) atoms. The Morgan fingerprint density at radius 2 is 1.66 bits per heavy atom. The van der Waals surface area contributed by atoms with Gasteiger partial charge in [-0.05, 0) is 140 Å². The van der Waals surface area contributed by atoms with E-state index in [1.807, 2.05) is 22.7 Å².